The second kappa shape index (κ2) is 5.07. The summed E-state index contributed by atoms with van der Waals surface area (Å²) < 4.78 is 6.56. The van der Waals surface area contributed by atoms with E-state index in [1.54, 1.807) is 0 Å². The predicted molar refractivity (Wildman–Crippen MR) is 65.6 cm³/mol. The van der Waals surface area contributed by atoms with Crippen LogP contribution in [0, 0.1) is 0 Å². The van der Waals surface area contributed by atoms with E-state index in [0.29, 0.717) is 5.88 Å². The van der Waals surface area contributed by atoms with E-state index in [9.17, 15) is 0 Å². The Kier molecular flexibility index (Phi) is 3.51. The van der Waals surface area contributed by atoms with E-state index < -0.39 is 0 Å². The fraction of sp³-hybridized carbons (Fsp3) is 0.167. The van der Waals surface area contributed by atoms with Gasteiger partial charge in [-0.2, -0.15) is 0 Å². The zero-order valence-corrected chi connectivity index (χ0v) is 10.4. The molecule has 3 nitrogen and oxygen atoms in total. The normalized spacial score (nSPS) is 10.1. The van der Waals surface area contributed by atoms with Crippen molar-refractivity contribution in [3.8, 4) is 11.6 Å². The summed E-state index contributed by atoms with van der Waals surface area (Å²) in [6.45, 7) is 2.05. The quantitative estimate of drug-likeness (QED) is 0.861. The molecule has 16 heavy (non-hydrogen) atoms. The Labute approximate surface area is 103 Å². The third kappa shape index (κ3) is 2.58. The molecule has 0 N–H and O–H groups in total. The van der Waals surface area contributed by atoms with Crippen molar-refractivity contribution >= 4 is 15.9 Å². The molecule has 0 bridgehead atoms. The summed E-state index contributed by atoms with van der Waals surface area (Å²) in [4.78, 5) is 8.19. The molecule has 1 aromatic heterocycles. The highest BCUT2D eigenvalue weighted by Crippen LogP contribution is 2.27. The van der Waals surface area contributed by atoms with Gasteiger partial charge in [0.2, 0.25) is 5.88 Å². The maximum Gasteiger partial charge on any atom is 0.222 e. The third-order valence-corrected chi connectivity index (χ3v) is 2.77. The highest BCUT2D eigenvalue weighted by molar-refractivity contribution is 9.10. The number of nitrogens with zero attached hydrogens (tertiary/aromatic N) is 2. The molecule has 0 aliphatic heterocycles. The molecule has 82 valence electrons. The molecule has 0 spiro atoms. The Morgan fingerprint density at radius 2 is 2.06 bits per heavy atom. The molecule has 2 rings (SSSR count). The lowest BCUT2D eigenvalue weighted by atomic mass is 10.3. The van der Waals surface area contributed by atoms with Crippen molar-refractivity contribution in [3.05, 3.63) is 46.8 Å². The maximum atomic E-state index is 5.65. The molecule has 1 heterocycles. The second-order valence-corrected chi connectivity index (χ2v) is 4.09. The summed E-state index contributed by atoms with van der Waals surface area (Å²) in [6, 6.07) is 9.52. The molecular formula is C12H11BrN2O. The first-order chi connectivity index (χ1) is 7.79. The van der Waals surface area contributed by atoms with Crippen molar-refractivity contribution in [1.29, 1.82) is 0 Å². The van der Waals surface area contributed by atoms with Crippen LogP contribution >= 0.6 is 15.9 Å². The smallest absolute Gasteiger partial charge is 0.222 e. The SMILES string of the molecule is CCc1cc(Oc2ccccc2Br)ncn1. The van der Waals surface area contributed by atoms with Crippen LogP contribution in [0.5, 0.6) is 11.6 Å². The largest absolute Gasteiger partial charge is 0.438 e. The number of aromatic nitrogens is 2. The average molecular weight is 279 g/mol. The third-order valence-electron chi connectivity index (χ3n) is 2.11. The summed E-state index contributed by atoms with van der Waals surface area (Å²) >= 11 is 3.42. The van der Waals surface area contributed by atoms with E-state index in [1.165, 1.54) is 6.33 Å². The monoisotopic (exact) mass is 278 g/mol. The van der Waals surface area contributed by atoms with Crippen LogP contribution in [0.2, 0.25) is 0 Å². The van der Waals surface area contributed by atoms with Gasteiger partial charge in [-0.25, -0.2) is 9.97 Å². The Morgan fingerprint density at radius 3 is 2.81 bits per heavy atom. The van der Waals surface area contributed by atoms with Crippen molar-refractivity contribution in [1.82, 2.24) is 9.97 Å². The Balaban J connectivity index is 2.24. The molecule has 2 aromatic rings. The van der Waals surface area contributed by atoms with E-state index in [-0.39, 0.29) is 0 Å². The predicted octanol–water partition coefficient (Wildman–Crippen LogP) is 3.59. The number of rotatable bonds is 3. The molecule has 0 aliphatic carbocycles. The Bertz CT molecular complexity index is 488. The van der Waals surface area contributed by atoms with Crippen LogP contribution in [0.1, 0.15) is 12.6 Å². The fourth-order valence-corrected chi connectivity index (χ4v) is 1.63. The van der Waals surface area contributed by atoms with Gasteiger partial charge in [0.05, 0.1) is 4.47 Å². The molecule has 0 radical (unpaired) electrons. The van der Waals surface area contributed by atoms with Crippen LogP contribution in [-0.4, -0.2) is 9.97 Å². The number of para-hydroxylation sites is 1. The fourth-order valence-electron chi connectivity index (χ4n) is 1.27. The molecule has 0 saturated carbocycles. The minimum absolute atomic E-state index is 0.568. The maximum absolute atomic E-state index is 5.65. The van der Waals surface area contributed by atoms with Crippen LogP contribution in [-0.2, 0) is 6.42 Å². The van der Waals surface area contributed by atoms with Gasteiger partial charge in [-0.15, -0.1) is 0 Å². The van der Waals surface area contributed by atoms with Crippen LogP contribution in [0.4, 0.5) is 0 Å². The summed E-state index contributed by atoms with van der Waals surface area (Å²) in [5, 5.41) is 0. The molecule has 0 amide bonds. The highest BCUT2D eigenvalue weighted by Gasteiger charge is 2.03. The van der Waals surface area contributed by atoms with E-state index in [1.807, 2.05) is 37.3 Å². The van der Waals surface area contributed by atoms with Crippen LogP contribution in [0.25, 0.3) is 0 Å². The van der Waals surface area contributed by atoms with Crippen molar-refractivity contribution < 1.29 is 4.74 Å². The molecule has 0 atom stereocenters. The van der Waals surface area contributed by atoms with Crippen LogP contribution in [0.3, 0.4) is 0 Å². The lowest BCUT2D eigenvalue weighted by Crippen LogP contribution is -1.93. The molecule has 0 saturated heterocycles. The van der Waals surface area contributed by atoms with Crippen LogP contribution < -0.4 is 4.74 Å². The summed E-state index contributed by atoms with van der Waals surface area (Å²) in [5.41, 5.74) is 0.969. The number of aryl methyl sites for hydroxylation is 1. The molecule has 0 fully saturated rings. The minimum atomic E-state index is 0.568. The van der Waals surface area contributed by atoms with Gasteiger partial charge >= 0.3 is 0 Å². The summed E-state index contributed by atoms with van der Waals surface area (Å²) in [6.07, 6.45) is 2.39. The van der Waals surface area contributed by atoms with E-state index in [2.05, 4.69) is 25.9 Å². The highest BCUT2D eigenvalue weighted by atomic mass is 79.9. The standard InChI is InChI=1S/C12H11BrN2O/c1-2-9-7-12(15-8-14-9)16-11-6-4-3-5-10(11)13/h3-8H,2H2,1H3. The molecule has 4 heteroatoms. The number of hydrogen-bond acceptors (Lipinski definition) is 3. The van der Waals surface area contributed by atoms with Gasteiger partial charge in [-0.1, -0.05) is 19.1 Å². The van der Waals surface area contributed by atoms with Crippen molar-refractivity contribution in [2.75, 3.05) is 0 Å². The minimum Gasteiger partial charge on any atom is -0.438 e. The number of hydrogen-bond donors (Lipinski definition) is 0. The van der Waals surface area contributed by atoms with Crippen molar-refractivity contribution in [3.63, 3.8) is 0 Å². The van der Waals surface area contributed by atoms with Gasteiger partial charge in [-0.3, -0.25) is 0 Å². The van der Waals surface area contributed by atoms with E-state index >= 15 is 0 Å². The first kappa shape index (κ1) is 11.1. The van der Waals surface area contributed by atoms with Crippen molar-refractivity contribution in [2.24, 2.45) is 0 Å². The Morgan fingerprint density at radius 1 is 1.25 bits per heavy atom. The Hall–Kier alpha value is -1.42. The van der Waals surface area contributed by atoms with Crippen molar-refractivity contribution in [2.45, 2.75) is 13.3 Å². The zero-order valence-electron chi connectivity index (χ0n) is 8.85. The van der Waals surface area contributed by atoms with E-state index in [0.717, 1.165) is 22.3 Å². The number of benzene rings is 1. The van der Waals surface area contributed by atoms with Gasteiger partial charge in [0.15, 0.2) is 0 Å². The van der Waals surface area contributed by atoms with Gasteiger partial charge in [-0.05, 0) is 34.5 Å². The molecule has 0 unspecified atom stereocenters. The number of ether oxygens (including phenoxy) is 1. The summed E-state index contributed by atoms with van der Waals surface area (Å²) in [7, 11) is 0. The number of halogens is 1. The first-order valence-electron chi connectivity index (χ1n) is 5.03. The summed E-state index contributed by atoms with van der Waals surface area (Å²) in [5.74, 6) is 1.32. The first-order valence-corrected chi connectivity index (χ1v) is 5.82. The topological polar surface area (TPSA) is 35.0 Å². The van der Waals surface area contributed by atoms with Crippen LogP contribution in [0.15, 0.2) is 41.1 Å². The zero-order chi connectivity index (χ0) is 11.4. The van der Waals surface area contributed by atoms with Gasteiger partial charge in [0.25, 0.3) is 0 Å². The lowest BCUT2D eigenvalue weighted by Gasteiger charge is -2.06. The van der Waals surface area contributed by atoms with Gasteiger partial charge in [0.1, 0.15) is 12.1 Å². The van der Waals surface area contributed by atoms with E-state index in [4.69, 9.17) is 4.74 Å². The average Bonchev–Trinajstić information content (AvgIpc) is 2.32. The second-order valence-electron chi connectivity index (χ2n) is 3.23. The lowest BCUT2D eigenvalue weighted by molar-refractivity contribution is 0.457. The molecule has 1 aromatic carbocycles. The molecule has 0 aliphatic rings. The molecular weight excluding hydrogens is 268 g/mol. The van der Waals surface area contributed by atoms with Gasteiger partial charge in [0, 0.05) is 11.8 Å². The van der Waals surface area contributed by atoms with Gasteiger partial charge < -0.3 is 4.74 Å².